The summed E-state index contributed by atoms with van der Waals surface area (Å²) in [5.74, 6) is 0.954. The van der Waals surface area contributed by atoms with Gasteiger partial charge in [-0.25, -0.2) is 13.1 Å². The first-order valence-electron chi connectivity index (χ1n) is 6.99. The van der Waals surface area contributed by atoms with Crippen LogP contribution < -0.4 is 14.8 Å². The van der Waals surface area contributed by atoms with Gasteiger partial charge in [0.1, 0.15) is 5.75 Å². The van der Waals surface area contributed by atoms with Gasteiger partial charge in [0.05, 0.1) is 18.4 Å². The van der Waals surface area contributed by atoms with Crippen molar-refractivity contribution in [2.24, 2.45) is 0 Å². The highest BCUT2D eigenvalue weighted by atomic mass is 32.2. The van der Waals surface area contributed by atoms with Gasteiger partial charge in [-0.3, -0.25) is 0 Å². The summed E-state index contributed by atoms with van der Waals surface area (Å²) in [6.45, 7) is 1.39. The van der Waals surface area contributed by atoms with Gasteiger partial charge in [-0.15, -0.1) is 0 Å². The van der Waals surface area contributed by atoms with Crippen LogP contribution in [0.1, 0.15) is 30.9 Å². The standard InChI is InChI=1S/C14H22N2O3S/c1-15-9-4-5-11-20(17,18)16-13-8-10-19-14-7-3-2-6-12(13)14/h2-3,6-7,13,15-16H,4-5,8-11H2,1H3. The zero-order valence-corrected chi connectivity index (χ0v) is 12.6. The maximum Gasteiger partial charge on any atom is 0.212 e. The fourth-order valence-electron chi connectivity index (χ4n) is 2.33. The fraction of sp³-hybridized carbons (Fsp3) is 0.571. The first-order valence-corrected chi connectivity index (χ1v) is 8.64. The summed E-state index contributed by atoms with van der Waals surface area (Å²) in [7, 11) is -1.37. The van der Waals surface area contributed by atoms with Crippen molar-refractivity contribution >= 4 is 10.0 Å². The highest BCUT2D eigenvalue weighted by Crippen LogP contribution is 2.31. The topological polar surface area (TPSA) is 67.4 Å². The van der Waals surface area contributed by atoms with Crippen molar-refractivity contribution in [2.45, 2.75) is 25.3 Å². The largest absolute Gasteiger partial charge is 0.493 e. The van der Waals surface area contributed by atoms with Gasteiger partial charge in [-0.05, 0) is 32.5 Å². The maximum absolute atomic E-state index is 12.1. The van der Waals surface area contributed by atoms with Crippen molar-refractivity contribution in [3.05, 3.63) is 29.8 Å². The van der Waals surface area contributed by atoms with Crippen molar-refractivity contribution in [3.8, 4) is 5.75 Å². The molecule has 0 bridgehead atoms. The van der Waals surface area contributed by atoms with Crippen molar-refractivity contribution in [1.29, 1.82) is 0 Å². The van der Waals surface area contributed by atoms with Gasteiger partial charge in [-0.1, -0.05) is 18.2 Å². The predicted octanol–water partition coefficient (Wildman–Crippen LogP) is 1.43. The van der Waals surface area contributed by atoms with Crippen LogP contribution in [0.4, 0.5) is 0 Å². The molecule has 112 valence electrons. The van der Waals surface area contributed by atoms with Crippen molar-refractivity contribution in [2.75, 3.05) is 26.0 Å². The number of ether oxygens (including phenoxy) is 1. The summed E-state index contributed by atoms with van der Waals surface area (Å²) >= 11 is 0. The average molecular weight is 298 g/mol. The van der Waals surface area contributed by atoms with E-state index in [1.807, 2.05) is 31.3 Å². The van der Waals surface area contributed by atoms with Crippen LogP contribution in [0.15, 0.2) is 24.3 Å². The molecule has 0 amide bonds. The van der Waals surface area contributed by atoms with Crippen molar-refractivity contribution in [3.63, 3.8) is 0 Å². The van der Waals surface area contributed by atoms with Gasteiger partial charge < -0.3 is 10.1 Å². The third-order valence-corrected chi connectivity index (χ3v) is 4.84. The second-order valence-corrected chi connectivity index (χ2v) is 6.85. The molecule has 20 heavy (non-hydrogen) atoms. The summed E-state index contributed by atoms with van der Waals surface area (Å²) < 4.78 is 32.5. The van der Waals surface area contributed by atoms with Gasteiger partial charge in [-0.2, -0.15) is 0 Å². The molecule has 0 fully saturated rings. The summed E-state index contributed by atoms with van der Waals surface area (Å²) in [5.41, 5.74) is 0.928. The maximum atomic E-state index is 12.1. The lowest BCUT2D eigenvalue weighted by molar-refractivity contribution is 0.263. The summed E-state index contributed by atoms with van der Waals surface area (Å²) in [4.78, 5) is 0. The van der Waals surface area contributed by atoms with E-state index in [1.54, 1.807) is 0 Å². The van der Waals surface area contributed by atoms with Crippen LogP contribution in [0.5, 0.6) is 5.75 Å². The van der Waals surface area contributed by atoms with Crippen molar-refractivity contribution < 1.29 is 13.2 Å². The lowest BCUT2D eigenvalue weighted by atomic mass is 10.0. The zero-order chi connectivity index (χ0) is 14.4. The van der Waals surface area contributed by atoms with E-state index in [-0.39, 0.29) is 11.8 Å². The molecule has 2 N–H and O–H groups in total. The minimum absolute atomic E-state index is 0.172. The fourth-order valence-corrected chi connectivity index (χ4v) is 3.71. The van der Waals surface area contributed by atoms with Gasteiger partial charge in [0.2, 0.25) is 10.0 Å². The zero-order valence-electron chi connectivity index (χ0n) is 11.8. The second kappa shape index (κ2) is 7.06. The Labute approximate surface area is 120 Å². The average Bonchev–Trinajstić information content (AvgIpc) is 2.44. The molecule has 0 radical (unpaired) electrons. The molecule has 1 aliphatic rings. The van der Waals surface area contributed by atoms with Gasteiger partial charge in [0, 0.05) is 12.0 Å². The van der Waals surface area contributed by atoms with Crippen LogP contribution in [0.2, 0.25) is 0 Å². The van der Waals surface area contributed by atoms with E-state index in [2.05, 4.69) is 10.0 Å². The monoisotopic (exact) mass is 298 g/mol. The van der Waals surface area contributed by atoms with E-state index in [1.165, 1.54) is 0 Å². The van der Waals surface area contributed by atoms with Gasteiger partial charge >= 0.3 is 0 Å². The molecule has 1 heterocycles. The number of nitrogens with one attached hydrogen (secondary N) is 2. The lowest BCUT2D eigenvalue weighted by Crippen LogP contribution is -2.33. The number of benzene rings is 1. The van der Waals surface area contributed by atoms with Gasteiger partial charge in [0.15, 0.2) is 0 Å². The minimum atomic E-state index is -3.24. The molecule has 0 aromatic heterocycles. The molecular weight excluding hydrogens is 276 g/mol. The summed E-state index contributed by atoms with van der Waals surface area (Å²) in [6, 6.07) is 7.43. The van der Waals surface area contributed by atoms with E-state index in [9.17, 15) is 8.42 Å². The first kappa shape index (κ1) is 15.3. The van der Waals surface area contributed by atoms with Crippen LogP contribution in [-0.4, -0.2) is 34.4 Å². The highest BCUT2D eigenvalue weighted by Gasteiger charge is 2.25. The molecule has 0 aliphatic carbocycles. The van der Waals surface area contributed by atoms with Crippen LogP contribution in [0, 0.1) is 0 Å². The Morgan fingerprint density at radius 2 is 2.10 bits per heavy atom. The first-order chi connectivity index (χ1) is 9.62. The Hall–Kier alpha value is -1.11. The van der Waals surface area contributed by atoms with Crippen LogP contribution >= 0.6 is 0 Å². The third-order valence-electron chi connectivity index (χ3n) is 3.37. The Morgan fingerprint density at radius 1 is 1.30 bits per heavy atom. The number of para-hydroxylation sites is 1. The summed E-state index contributed by atoms with van der Waals surface area (Å²) in [6.07, 6.45) is 2.20. The molecule has 1 aromatic rings. The molecule has 6 heteroatoms. The van der Waals surface area contributed by atoms with Crippen molar-refractivity contribution in [1.82, 2.24) is 10.0 Å². The molecule has 0 saturated carbocycles. The minimum Gasteiger partial charge on any atom is -0.493 e. The number of sulfonamides is 1. The normalized spacial score (nSPS) is 18.4. The molecular formula is C14H22N2O3S. The molecule has 1 unspecified atom stereocenters. The molecule has 5 nitrogen and oxygen atoms in total. The van der Waals surface area contributed by atoms with E-state index in [0.717, 1.165) is 24.3 Å². The summed E-state index contributed by atoms with van der Waals surface area (Å²) in [5, 5.41) is 3.02. The second-order valence-electron chi connectivity index (χ2n) is 4.97. The smallest absolute Gasteiger partial charge is 0.212 e. The molecule has 2 rings (SSSR count). The molecule has 0 spiro atoms. The van der Waals surface area contributed by atoms with E-state index in [4.69, 9.17) is 4.74 Å². The van der Waals surface area contributed by atoms with Gasteiger partial charge in [0.25, 0.3) is 0 Å². The van der Waals surface area contributed by atoms with E-state index >= 15 is 0 Å². The van der Waals surface area contributed by atoms with Crippen LogP contribution in [0.25, 0.3) is 0 Å². The highest BCUT2D eigenvalue weighted by molar-refractivity contribution is 7.89. The molecule has 1 atom stereocenters. The Balaban J connectivity index is 1.96. The molecule has 0 saturated heterocycles. The Morgan fingerprint density at radius 3 is 2.90 bits per heavy atom. The van der Waals surface area contributed by atoms with E-state index < -0.39 is 10.0 Å². The number of hydrogen-bond donors (Lipinski definition) is 2. The molecule has 1 aromatic carbocycles. The Bertz CT molecular complexity index is 531. The Kier molecular flexibility index (Phi) is 5.39. The number of unbranched alkanes of at least 4 members (excludes halogenated alkanes) is 1. The number of rotatable bonds is 7. The van der Waals surface area contributed by atoms with E-state index in [0.29, 0.717) is 19.4 Å². The predicted molar refractivity (Wildman–Crippen MR) is 79.4 cm³/mol. The number of fused-ring (bicyclic) bond motifs is 1. The number of hydrogen-bond acceptors (Lipinski definition) is 4. The quantitative estimate of drug-likeness (QED) is 0.747. The van der Waals surface area contributed by atoms with Crippen LogP contribution in [-0.2, 0) is 10.0 Å². The lowest BCUT2D eigenvalue weighted by Gasteiger charge is -2.26. The molecule has 1 aliphatic heterocycles. The van der Waals surface area contributed by atoms with Crippen LogP contribution in [0.3, 0.4) is 0 Å². The third kappa shape index (κ3) is 4.19. The SMILES string of the molecule is CNCCCCS(=O)(=O)NC1CCOc2ccccc21.